The molecule has 0 aromatic carbocycles. The van der Waals surface area contributed by atoms with E-state index in [4.69, 9.17) is 4.74 Å². The molecule has 0 radical (unpaired) electrons. The van der Waals surface area contributed by atoms with Crippen molar-refractivity contribution >= 4 is 23.5 Å². The maximum atomic E-state index is 13.5. The van der Waals surface area contributed by atoms with Gasteiger partial charge in [-0.2, -0.15) is 0 Å². The molecule has 3 aliphatic rings. The fourth-order valence-corrected chi connectivity index (χ4v) is 5.39. The van der Waals surface area contributed by atoms with E-state index < -0.39 is 6.09 Å². The molecule has 3 fully saturated rings. The Bertz CT molecular complexity index is 824. The molecule has 2 amide bonds. The van der Waals surface area contributed by atoms with Crippen LogP contribution in [0.1, 0.15) is 57.4 Å². The number of hydrogen-bond donors (Lipinski definition) is 2. The van der Waals surface area contributed by atoms with Crippen molar-refractivity contribution in [2.45, 2.75) is 70.9 Å². The van der Waals surface area contributed by atoms with Crippen molar-refractivity contribution in [3.63, 3.8) is 0 Å². The minimum atomic E-state index is -0.482. The lowest BCUT2D eigenvalue weighted by atomic mass is 9.78. The monoisotopic (exact) mass is 430 g/mol. The quantitative estimate of drug-likeness (QED) is 0.762. The van der Waals surface area contributed by atoms with Gasteiger partial charge in [0.15, 0.2) is 0 Å². The highest BCUT2D eigenvalue weighted by Gasteiger charge is 2.50. The molecule has 8 nitrogen and oxygen atoms in total. The van der Waals surface area contributed by atoms with Gasteiger partial charge in [-0.15, -0.1) is 0 Å². The molecule has 2 saturated heterocycles. The summed E-state index contributed by atoms with van der Waals surface area (Å²) in [5.74, 6) is 1.13. The Morgan fingerprint density at radius 1 is 1.29 bits per heavy atom. The molecule has 1 aromatic heterocycles. The number of nitrogens with one attached hydrogen (secondary N) is 1. The number of aliphatic hydroxyl groups is 1. The van der Waals surface area contributed by atoms with Crippen molar-refractivity contribution in [3.8, 4) is 0 Å². The van der Waals surface area contributed by atoms with Gasteiger partial charge >= 0.3 is 6.09 Å². The van der Waals surface area contributed by atoms with Gasteiger partial charge in [-0.25, -0.2) is 9.78 Å². The number of amides is 2. The fraction of sp³-hybridized carbons (Fsp3) is 0.696. The topological polar surface area (TPSA) is 95.0 Å². The van der Waals surface area contributed by atoms with E-state index >= 15 is 0 Å². The Morgan fingerprint density at radius 2 is 2.06 bits per heavy atom. The van der Waals surface area contributed by atoms with Crippen LogP contribution in [-0.2, 0) is 9.53 Å². The normalized spacial score (nSPS) is 28.8. The summed E-state index contributed by atoms with van der Waals surface area (Å²) in [4.78, 5) is 34.1. The molecule has 1 saturated carbocycles. The Kier molecular flexibility index (Phi) is 6.36. The van der Waals surface area contributed by atoms with Crippen LogP contribution in [0.15, 0.2) is 12.3 Å². The zero-order valence-electron chi connectivity index (χ0n) is 18.6. The molecule has 2 aliphatic heterocycles. The van der Waals surface area contributed by atoms with Crippen LogP contribution in [0.3, 0.4) is 0 Å². The van der Waals surface area contributed by atoms with Crippen molar-refractivity contribution in [2.75, 3.05) is 36.5 Å². The molecule has 31 heavy (non-hydrogen) atoms. The number of anilines is 2. The third kappa shape index (κ3) is 4.49. The Morgan fingerprint density at radius 3 is 2.77 bits per heavy atom. The van der Waals surface area contributed by atoms with Crippen LogP contribution in [0.4, 0.5) is 16.3 Å². The zero-order valence-corrected chi connectivity index (χ0v) is 18.6. The SMILES string of the molecule is CCOC(=O)Nc1cnc(N2CCCC3(CCN(C4CCC(O)CC4)C3=O)C2)cc1C. The molecule has 170 valence electrons. The standard InChI is InChI=1S/C23H34N4O4/c1-3-31-22(30)25-19-14-24-20(13-16(19)2)26-11-4-9-23(15-26)10-12-27(21(23)29)17-5-7-18(28)8-6-17/h13-14,17-18,28H,3-12,15H2,1-2H3,(H,25,30). The van der Waals surface area contributed by atoms with E-state index in [1.807, 2.05) is 13.0 Å². The summed E-state index contributed by atoms with van der Waals surface area (Å²) in [5, 5.41) is 12.5. The van der Waals surface area contributed by atoms with Crippen molar-refractivity contribution in [2.24, 2.45) is 5.41 Å². The molecule has 1 unspecified atom stereocenters. The Labute approximate surface area is 184 Å². The number of pyridine rings is 1. The van der Waals surface area contributed by atoms with E-state index in [-0.39, 0.29) is 23.5 Å². The van der Waals surface area contributed by atoms with Crippen LogP contribution in [0, 0.1) is 12.3 Å². The van der Waals surface area contributed by atoms with Crippen LogP contribution in [0.2, 0.25) is 0 Å². The number of carbonyl (C=O) groups excluding carboxylic acids is 2. The molecule has 1 aliphatic carbocycles. The van der Waals surface area contributed by atoms with E-state index in [1.165, 1.54) is 0 Å². The van der Waals surface area contributed by atoms with Gasteiger partial charge in [0, 0.05) is 25.7 Å². The molecule has 0 bridgehead atoms. The number of nitrogens with zero attached hydrogens (tertiary/aromatic N) is 3. The minimum Gasteiger partial charge on any atom is -0.450 e. The van der Waals surface area contributed by atoms with Crippen LogP contribution in [0.25, 0.3) is 0 Å². The van der Waals surface area contributed by atoms with E-state index in [1.54, 1.807) is 13.1 Å². The summed E-state index contributed by atoms with van der Waals surface area (Å²) < 4.78 is 4.94. The summed E-state index contributed by atoms with van der Waals surface area (Å²) >= 11 is 0. The van der Waals surface area contributed by atoms with Crippen molar-refractivity contribution in [1.29, 1.82) is 0 Å². The number of piperidine rings is 1. The lowest BCUT2D eigenvalue weighted by molar-refractivity contribution is -0.139. The molecule has 2 N–H and O–H groups in total. The Balaban J connectivity index is 1.44. The van der Waals surface area contributed by atoms with Gasteiger partial charge in [0.25, 0.3) is 0 Å². The van der Waals surface area contributed by atoms with Crippen LogP contribution in [0.5, 0.6) is 0 Å². The molecular weight excluding hydrogens is 396 g/mol. The van der Waals surface area contributed by atoms with Gasteiger partial charge in [-0.3, -0.25) is 10.1 Å². The van der Waals surface area contributed by atoms with Gasteiger partial charge in [0.2, 0.25) is 5.91 Å². The number of hydrogen-bond acceptors (Lipinski definition) is 6. The highest BCUT2D eigenvalue weighted by molar-refractivity contribution is 5.87. The number of carbonyl (C=O) groups is 2. The predicted molar refractivity (Wildman–Crippen MR) is 118 cm³/mol. The smallest absolute Gasteiger partial charge is 0.411 e. The predicted octanol–water partition coefficient (Wildman–Crippen LogP) is 3.08. The highest BCUT2D eigenvalue weighted by Crippen LogP contribution is 2.43. The fourth-order valence-electron chi connectivity index (χ4n) is 5.39. The first-order chi connectivity index (χ1) is 14.9. The summed E-state index contributed by atoms with van der Waals surface area (Å²) in [6, 6.07) is 2.25. The summed E-state index contributed by atoms with van der Waals surface area (Å²) in [6.45, 7) is 6.41. The third-order valence-electron chi connectivity index (χ3n) is 7.16. The third-order valence-corrected chi connectivity index (χ3v) is 7.16. The number of ether oxygens (including phenoxy) is 1. The first-order valence-corrected chi connectivity index (χ1v) is 11.6. The van der Waals surface area contributed by atoms with E-state index in [0.29, 0.717) is 18.8 Å². The second kappa shape index (κ2) is 9.02. The largest absolute Gasteiger partial charge is 0.450 e. The lowest BCUT2D eigenvalue weighted by Gasteiger charge is -2.41. The summed E-state index contributed by atoms with van der Waals surface area (Å²) in [5.41, 5.74) is 1.22. The highest BCUT2D eigenvalue weighted by atomic mass is 16.5. The van der Waals surface area contributed by atoms with E-state index in [9.17, 15) is 14.7 Å². The average Bonchev–Trinajstić information content (AvgIpc) is 3.06. The first-order valence-electron chi connectivity index (χ1n) is 11.6. The van der Waals surface area contributed by atoms with Gasteiger partial charge < -0.3 is 19.6 Å². The van der Waals surface area contributed by atoms with Crippen molar-refractivity contribution in [1.82, 2.24) is 9.88 Å². The van der Waals surface area contributed by atoms with Crippen LogP contribution in [-0.4, -0.2) is 65.4 Å². The van der Waals surface area contributed by atoms with Gasteiger partial charge in [-0.05, 0) is 70.4 Å². The van der Waals surface area contributed by atoms with Gasteiger partial charge in [0.1, 0.15) is 5.82 Å². The molecular formula is C23H34N4O4. The van der Waals surface area contributed by atoms with Crippen LogP contribution < -0.4 is 10.2 Å². The van der Waals surface area contributed by atoms with Crippen molar-refractivity contribution in [3.05, 3.63) is 17.8 Å². The summed E-state index contributed by atoms with van der Waals surface area (Å²) in [7, 11) is 0. The second-order valence-electron chi connectivity index (χ2n) is 9.22. The maximum Gasteiger partial charge on any atom is 0.411 e. The molecule has 3 heterocycles. The first kappa shape index (κ1) is 21.9. The molecule has 4 rings (SSSR count). The van der Waals surface area contributed by atoms with Crippen LogP contribution >= 0.6 is 0 Å². The number of aliphatic hydroxyl groups excluding tert-OH is 1. The van der Waals surface area contributed by atoms with Gasteiger partial charge in [0.05, 0.1) is 30.0 Å². The maximum absolute atomic E-state index is 13.5. The van der Waals surface area contributed by atoms with Gasteiger partial charge in [-0.1, -0.05) is 0 Å². The lowest BCUT2D eigenvalue weighted by Crippen LogP contribution is -2.50. The molecule has 1 atom stereocenters. The van der Waals surface area contributed by atoms with E-state index in [2.05, 4.69) is 20.1 Å². The average molecular weight is 431 g/mol. The number of aromatic nitrogens is 1. The molecule has 1 aromatic rings. The zero-order chi connectivity index (χ0) is 22.0. The Hall–Kier alpha value is -2.35. The number of aryl methyl sites for hydroxylation is 1. The van der Waals surface area contributed by atoms with Crippen molar-refractivity contribution < 1.29 is 19.4 Å². The summed E-state index contributed by atoms with van der Waals surface area (Å²) in [6.07, 6.45) is 7.16. The number of rotatable bonds is 4. The second-order valence-corrected chi connectivity index (χ2v) is 9.22. The molecule has 8 heteroatoms. The number of likely N-dealkylation sites (tertiary alicyclic amines) is 1. The van der Waals surface area contributed by atoms with E-state index in [0.717, 1.165) is 69.4 Å². The molecule has 1 spiro atoms. The minimum absolute atomic E-state index is 0.205.